The maximum atomic E-state index is 13.1. The Morgan fingerprint density at radius 3 is 3.05 bits per heavy atom. The molecule has 1 aromatic carbocycles. The number of nitrogens with one attached hydrogen (secondary N) is 1. The van der Waals surface area contributed by atoms with Gasteiger partial charge in [-0.05, 0) is 23.6 Å². The van der Waals surface area contributed by atoms with Crippen LogP contribution in [0.15, 0.2) is 36.5 Å². The van der Waals surface area contributed by atoms with Crippen LogP contribution < -0.4 is 11.1 Å². The number of nitrogen functional groups attached to an aromatic ring is 1. The molecule has 1 aliphatic rings. The van der Waals surface area contributed by atoms with Gasteiger partial charge in [0, 0.05) is 12.5 Å². The number of aromatic nitrogens is 1. The lowest BCUT2D eigenvalue weighted by molar-refractivity contribution is 0.0950. The van der Waals surface area contributed by atoms with Gasteiger partial charge >= 0.3 is 0 Å². The number of pyridine rings is 1. The Kier molecular flexibility index (Phi) is 3.10. The summed E-state index contributed by atoms with van der Waals surface area (Å²) in [5.74, 6) is -0.604. The number of nitrogens with zero attached hydrogens (tertiary/aromatic N) is 1. The molecule has 1 aromatic heterocycles. The molecule has 4 nitrogen and oxygen atoms in total. The normalized spacial score (nSPS) is 16.1. The van der Waals surface area contributed by atoms with Crippen LogP contribution in [0, 0.1) is 5.82 Å². The van der Waals surface area contributed by atoms with Crippen LogP contribution in [0.2, 0.25) is 0 Å². The van der Waals surface area contributed by atoms with E-state index in [-0.39, 0.29) is 17.3 Å². The Hall–Kier alpha value is -2.43. The molecule has 3 rings (SSSR count). The molecule has 102 valence electrons. The Balaban J connectivity index is 1.65. The molecule has 5 heteroatoms. The second-order valence-electron chi connectivity index (χ2n) is 4.90. The first-order valence-electron chi connectivity index (χ1n) is 6.42. The molecule has 1 heterocycles. The number of halogens is 1. The van der Waals surface area contributed by atoms with Crippen molar-refractivity contribution in [3.05, 3.63) is 59.0 Å². The van der Waals surface area contributed by atoms with E-state index in [1.54, 1.807) is 0 Å². The summed E-state index contributed by atoms with van der Waals surface area (Å²) in [5.41, 5.74) is 8.24. The molecule has 20 heavy (non-hydrogen) atoms. The number of carbonyl (C=O) groups excluding carboxylic acids is 1. The SMILES string of the molecule is Nc1ncc(F)cc1C(=O)NCC1Cc2ccccc21. The molecule has 1 unspecified atom stereocenters. The van der Waals surface area contributed by atoms with Gasteiger partial charge in [-0.3, -0.25) is 4.79 Å². The van der Waals surface area contributed by atoms with Gasteiger partial charge in [-0.15, -0.1) is 0 Å². The van der Waals surface area contributed by atoms with E-state index >= 15 is 0 Å². The van der Waals surface area contributed by atoms with Crippen molar-refractivity contribution in [2.75, 3.05) is 12.3 Å². The highest BCUT2D eigenvalue weighted by molar-refractivity contribution is 5.98. The molecule has 2 aromatic rings. The van der Waals surface area contributed by atoms with Crippen molar-refractivity contribution in [3.8, 4) is 0 Å². The summed E-state index contributed by atoms with van der Waals surface area (Å²) >= 11 is 0. The average molecular weight is 271 g/mol. The van der Waals surface area contributed by atoms with Crippen molar-refractivity contribution in [2.24, 2.45) is 0 Å². The third-order valence-electron chi connectivity index (χ3n) is 3.60. The molecular formula is C15H14FN3O. The van der Waals surface area contributed by atoms with Gasteiger partial charge in [0.15, 0.2) is 0 Å². The Morgan fingerprint density at radius 2 is 2.25 bits per heavy atom. The summed E-state index contributed by atoms with van der Waals surface area (Å²) in [6, 6.07) is 9.25. The second-order valence-corrected chi connectivity index (χ2v) is 4.90. The Morgan fingerprint density at radius 1 is 1.45 bits per heavy atom. The minimum Gasteiger partial charge on any atom is -0.383 e. The largest absolute Gasteiger partial charge is 0.383 e. The lowest BCUT2D eigenvalue weighted by Gasteiger charge is -2.30. The molecule has 0 saturated heterocycles. The van der Waals surface area contributed by atoms with Gasteiger partial charge in [0.1, 0.15) is 11.6 Å². The fraction of sp³-hybridized carbons (Fsp3) is 0.200. The van der Waals surface area contributed by atoms with Gasteiger partial charge in [-0.1, -0.05) is 24.3 Å². The minimum atomic E-state index is -0.571. The summed E-state index contributed by atoms with van der Waals surface area (Å²) < 4.78 is 13.1. The molecule has 1 amide bonds. The predicted molar refractivity (Wildman–Crippen MR) is 73.8 cm³/mol. The lowest BCUT2D eigenvalue weighted by Crippen LogP contribution is -2.33. The number of hydrogen-bond acceptors (Lipinski definition) is 3. The highest BCUT2D eigenvalue weighted by atomic mass is 19.1. The minimum absolute atomic E-state index is 0.0397. The van der Waals surface area contributed by atoms with E-state index in [4.69, 9.17) is 5.73 Å². The van der Waals surface area contributed by atoms with E-state index in [9.17, 15) is 9.18 Å². The van der Waals surface area contributed by atoms with Gasteiger partial charge in [-0.2, -0.15) is 0 Å². The van der Waals surface area contributed by atoms with Gasteiger partial charge in [-0.25, -0.2) is 9.37 Å². The van der Waals surface area contributed by atoms with Crippen LogP contribution >= 0.6 is 0 Å². The number of fused-ring (bicyclic) bond motifs is 1. The first-order chi connectivity index (χ1) is 9.65. The molecule has 0 aliphatic heterocycles. The van der Waals surface area contributed by atoms with Gasteiger partial charge in [0.25, 0.3) is 5.91 Å². The second kappa shape index (κ2) is 4.92. The molecule has 0 radical (unpaired) electrons. The molecule has 0 saturated carbocycles. The summed E-state index contributed by atoms with van der Waals surface area (Å²) in [4.78, 5) is 15.6. The van der Waals surface area contributed by atoms with Crippen molar-refractivity contribution in [3.63, 3.8) is 0 Å². The molecule has 0 bridgehead atoms. The zero-order chi connectivity index (χ0) is 14.1. The van der Waals surface area contributed by atoms with E-state index < -0.39 is 5.82 Å². The molecule has 1 atom stereocenters. The van der Waals surface area contributed by atoms with Crippen LogP contribution in [-0.2, 0) is 6.42 Å². The predicted octanol–water partition coefficient (Wildman–Crippen LogP) is 1.87. The quantitative estimate of drug-likeness (QED) is 0.895. The van der Waals surface area contributed by atoms with Crippen molar-refractivity contribution in [1.29, 1.82) is 0 Å². The third kappa shape index (κ3) is 2.22. The Bertz CT molecular complexity index is 672. The number of anilines is 1. The smallest absolute Gasteiger partial charge is 0.255 e. The summed E-state index contributed by atoms with van der Waals surface area (Å²) in [6.07, 6.45) is 1.95. The summed E-state index contributed by atoms with van der Waals surface area (Å²) in [7, 11) is 0. The van der Waals surface area contributed by atoms with E-state index in [2.05, 4.69) is 22.4 Å². The van der Waals surface area contributed by atoms with Crippen molar-refractivity contribution in [1.82, 2.24) is 10.3 Å². The van der Waals surface area contributed by atoms with E-state index in [1.165, 1.54) is 11.1 Å². The van der Waals surface area contributed by atoms with Crippen LogP contribution in [0.1, 0.15) is 27.4 Å². The van der Waals surface area contributed by atoms with Crippen molar-refractivity contribution in [2.45, 2.75) is 12.3 Å². The molecule has 3 N–H and O–H groups in total. The number of carbonyl (C=O) groups is 1. The number of amides is 1. The third-order valence-corrected chi connectivity index (χ3v) is 3.60. The van der Waals surface area contributed by atoms with Crippen molar-refractivity contribution < 1.29 is 9.18 Å². The number of hydrogen-bond donors (Lipinski definition) is 2. The highest BCUT2D eigenvalue weighted by Gasteiger charge is 2.26. The molecule has 0 fully saturated rings. The highest BCUT2D eigenvalue weighted by Crippen LogP contribution is 2.34. The first kappa shape index (κ1) is 12.6. The standard InChI is InChI=1S/C15H14FN3O/c16-11-6-13(14(17)18-8-11)15(20)19-7-10-5-9-3-1-2-4-12(9)10/h1-4,6,8,10H,5,7H2,(H2,17,18)(H,19,20). The van der Waals surface area contributed by atoms with E-state index in [1.807, 2.05) is 12.1 Å². The van der Waals surface area contributed by atoms with E-state index in [0.29, 0.717) is 12.5 Å². The topological polar surface area (TPSA) is 68.0 Å². The zero-order valence-corrected chi connectivity index (χ0v) is 10.8. The van der Waals surface area contributed by atoms with Gasteiger partial charge in [0.05, 0.1) is 11.8 Å². The van der Waals surface area contributed by atoms with Gasteiger partial charge in [0.2, 0.25) is 0 Å². The number of nitrogens with two attached hydrogens (primary N) is 1. The van der Waals surface area contributed by atoms with Crippen LogP contribution in [0.5, 0.6) is 0 Å². The first-order valence-corrected chi connectivity index (χ1v) is 6.42. The molecule has 1 aliphatic carbocycles. The van der Waals surface area contributed by atoms with Crippen LogP contribution in [0.25, 0.3) is 0 Å². The van der Waals surface area contributed by atoms with Crippen LogP contribution in [-0.4, -0.2) is 17.4 Å². The zero-order valence-electron chi connectivity index (χ0n) is 10.8. The summed E-state index contributed by atoms with van der Waals surface area (Å²) in [5, 5.41) is 2.78. The van der Waals surface area contributed by atoms with Gasteiger partial charge < -0.3 is 11.1 Å². The number of rotatable bonds is 3. The maximum absolute atomic E-state index is 13.1. The number of benzene rings is 1. The molecular weight excluding hydrogens is 257 g/mol. The average Bonchev–Trinajstić information content (AvgIpc) is 2.42. The maximum Gasteiger partial charge on any atom is 0.255 e. The Labute approximate surface area is 115 Å². The molecule has 0 spiro atoms. The van der Waals surface area contributed by atoms with Crippen molar-refractivity contribution >= 4 is 11.7 Å². The fourth-order valence-electron chi connectivity index (χ4n) is 2.49. The fourth-order valence-corrected chi connectivity index (χ4v) is 2.49. The summed E-state index contributed by atoms with van der Waals surface area (Å²) in [6.45, 7) is 0.520. The van der Waals surface area contributed by atoms with Crippen LogP contribution in [0.4, 0.5) is 10.2 Å². The lowest BCUT2D eigenvalue weighted by atomic mass is 9.77. The van der Waals surface area contributed by atoms with Crippen LogP contribution in [0.3, 0.4) is 0 Å². The van der Waals surface area contributed by atoms with E-state index in [0.717, 1.165) is 18.7 Å². The monoisotopic (exact) mass is 271 g/mol.